The molecule has 3 aromatic carbocycles. The number of aliphatic hydroxyl groups excluding tert-OH is 1. The van der Waals surface area contributed by atoms with Gasteiger partial charge in [0.2, 0.25) is 0 Å². The van der Waals surface area contributed by atoms with Crippen LogP contribution in [0, 0.1) is 6.92 Å². The first-order valence-electron chi connectivity index (χ1n) is 11.8. The summed E-state index contributed by atoms with van der Waals surface area (Å²) in [4.78, 5) is 10.4. The Morgan fingerprint density at radius 2 is 1.83 bits per heavy atom. The van der Waals surface area contributed by atoms with E-state index in [1.165, 1.54) is 0 Å². The molecule has 180 valence electrons. The van der Waals surface area contributed by atoms with E-state index in [9.17, 15) is 9.32 Å². The molecule has 6 nitrogen and oxygen atoms in total. The lowest BCUT2D eigenvalue weighted by Crippen LogP contribution is -2.25. The van der Waals surface area contributed by atoms with Gasteiger partial charge in [-0.25, -0.2) is 14.2 Å². The van der Waals surface area contributed by atoms with Crippen molar-refractivity contribution < 1.29 is 9.32 Å². The SMILES string of the molecule is CCCc1nc2cc(N(Cc3nc4ccccc4s3)S(=O)c3ccc(C)cc3)ccc2n1CCO. The van der Waals surface area contributed by atoms with E-state index in [0.29, 0.717) is 13.1 Å². The van der Waals surface area contributed by atoms with Crippen LogP contribution in [0.4, 0.5) is 5.69 Å². The maximum absolute atomic E-state index is 13.8. The van der Waals surface area contributed by atoms with Crippen molar-refractivity contribution in [3.05, 3.63) is 83.1 Å². The molecule has 5 aromatic rings. The van der Waals surface area contributed by atoms with E-state index in [2.05, 4.69) is 17.6 Å². The van der Waals surface area contributed by atoms with Crippen molar-refractivity contribution in [1.29, 1.82) is 0 Å². The minimum absolute atomic E-state index is 0.0606. The zero-order chi connectivity index (χ0) is 24.4. The molecular formula is C27H28N4O2S2. The largest absolute Gasteiger partial charge is 0.395 e. The van der Waals surface area contributed by atoms with Gasteiger partial charge in [0.25, 0.3) is 0 Å². The molecule has 1 unspecified atom stereocenters. The average molecular weight is 505 g/mol. The second kappa shape index (κ2) is 10.3. The highest BCUT2D eigenvalue weighted by Gasteiger charge is 2.21. The minimum atomic E-state index is -1.43. The molecule has 0 spiro atoms. The number of thiazole rings is 1. The second-order valence-electron chi connectivity index (χ2n) is 8.50. The highest BCUT2D eigenvalue weighted by Crippen LogP contribution is 2.30. The summed E-state index contributed by atoms with van der Waals surface area (Å²) in [5.41, 5.74) is 4.73. The molecular weight excluding hydrogens is 476 g/mol. The van der Waals surface area contributed by atoms with Gasteiger partial charge in [-0.15, -0.1) is 11.3 Å². The van der Waals surface area contributed by atoms with Crippen molar-refractivity contribution in [2.45, 2.75) is 44.7 Å². The molecule has 0 saturated carbocycles. The van der Waals surface area contributed by atoms with E-state index in [1.54, 1.807) is 11.3 Å². The van der Waals surface area contributed by atoms with Gasteiger partial charge in [0.15, 0.2) is 11.0 Å². The van der Waals surface area contributed by atoms with E-state index in [-0.39, 0.29) is 6.61 Å². The summed E-state index contributed by atoms with van der Waals surface area (Å²) in [5, 5.41) is 10.5. The summed E-state index contributed by atoms with van der Waals surface area (Å²) in [6, 6.07) is 21.9. The Morgan fingerprint density at radius 1 is 1.03 bits per heavy atom. The molecule has 0 amide bonds. The summed E-state index contributed by atoms with van der Waals surface area (Å²) in [7, 11) is -1.43. The third-order valence-corrected chi connectivity index (χ3v) is 8.37. The second-order valence-corrected chi connectivity index (χ2v) is 11.0. The first-order chi connectivity index (χ1) is 17.1. The summed E-state index contributed by atoms with van der Waals surface area (Å²) in [5.74, 6) is 0.964. The van der Waals surface area contributed by atoms with Crippen LogP contribution >= 0.6 is 11.3 Å². The molecule has 0 radical (unpaired) electrons. The van der Waals surface area contributed by atoms with Gasteiger partial charge < -0.3 is 9.67 Å². The fraction of sp³-hybridized carbons (Fsp3) is 0.259. The Hall–Kier alpha value is -3.07. The van der Waals surface area contributed by atoms with Crippen LogP contribution in [0.25, 0.3) is 21.3 Å². The summed E-state index contributed by atoms with van der Waals surface area (Å²) < 4.78 is 18.9. The fourth-order valence-electron chi connectivity index (χ4n) is 4.23. The van der Waals surface area contributed by atoms with Crippen LogP contribution in [0.1, 0.15) is 29.7 Å². The first-order valence-corrected chi connectivity index (χ1v) is 13.7. The molecule has 2 heterocycles. The predicted octanol–water partition coefficient (Wildman–Crippen LogP) is 5.63. The summed E-state index contributed by atoms with van der Waals surface area (Å²) in [6.07, 6.45) is 1.82. The molecule has 1 N–H and O–H groups in total. The molecule has 0 aliphatic heterocycles. The fourth-order valence-corrected chi connectivity index (χ4v) is 6.43. The number of hydrogen-bond acceptors (Lipinski definition) is 5. The standard InChI is InChI=1S/C27H28N4O2S2/c1-3-6-26-28-23-17-20(11-14-24(23)30(26)15-16-32)31(35(33)21-12-9-19(2)10-13-21)18-27-29-22-7-4-5-8-25(22)34-27/h4-5,7-14,17,32H,3,6,15-16,18H2,1-2H3. The van der Waals surface area contributed by atoms with Crippen LogP contribution in [0.5, 0.6) is 0 Å². The Bertz CT molecular complexity index is 1460. The van der Waals surface area contributed by atoms with E-state index in [1.807, 2.05) is 71.9 Å². The highest BCUT2D eigenvalue weighted by atomic mass is 32.2. The van der Waals surface area contributed by atoms with Gasteiger partial charge in [0.1, 0.15) is 10.8 Å². The number of nitrogens with zero attached hydrogens (tertiary/aromatic N) is 4. The van der Waals surface area contributed by atoms with Crippen molar-refractivity contribution in [3.63, 3.8) is 0 Å². The molecule has 0 aliphatic rings. The van der Waals surface area contributed by atoms with Crippen LogP contribution in [-0.2, 0) is 30.5 Å². The van der Waals surface area contributed by atoms with Crippen LogP contribution in [0.2, 0.25) is 0 Å². The Balaban J connectivity index is 1.58. The van der Waals surface area contributed by atoms with Crippen molar-refractivity contribution >= 4 is 49.3 Å². The van der Waals surface area contributed by atoms with Crippen LogP contribution in [0.15, 0.2) is 71.6 Å². The number of para-hydroxylation sites is 1. The van der Waals surface area contributed by atoms with Crippen molar-refractivity contribution in [1.82, 2.24) is 14.5 Å². The molecule has 0 fully saturated rings. The predicted molar refractivity (Wildman–Crippen MR) is 144 cm³/mol. The van der Waals surface area contributed by atoms with Crippen molar-refractivity contribution in [2.75, 3.05) is 10.9 Å². The lowest BCUT2D eigenvalue weighted by Gasteiger charge is -2.22. The van der Waals surface area contributed by atoms with Gasteiger partial charge in [-0.05, 0) is 55.8 Å². The van der Waals surface area contributed by atoms with Gasteiger partial charge in [0, 0.05) is 13.0 Å². The van der Waals surface area contributed by atoms with Gasteiger partial charge in [-0.2, -0.15) is 0 Å². The smallest absolute Gasteiger partial charge is 0.153 e. The Labute approximate surface area is 211 Å². The van der Waals surface area contributed by atoms with E-state index in [0.717, 1.165) is 61.1 Å². The normalized spacial score (nSPS) is 12.4. The number of hydrogen-bond donors (Lipinski definition) is 1. The van der Waals surface area contributed by atoms with Gasteiger partial charge >= 0.3 is 0 Å². The van der Waals surface area contributed by atoms with E-state index >= 15 is 0 Å². The molecule has 35 heavy (non-hydrogen) atoms. The van der Waals surface area contributed by atoms with E-state index in [4.69, 9.17) is 9.97 Å². The lowest BCUT2D eigenvalue weighted by molar-refractivity contribution is 0.276. The van der Waals surface area contributed by atoms with Gasteiger partial charge in [0.05, 0.1) is 45.0 Å². The quantitative estimate of drug-likeness (QED) is 0.282. The first kappa shape index (κ1) is 23.7. The topological polar surface area (TPSA) is 71.2 Å². The third kappa shape index (κ3) is 4.87. The van der Waals surface area contributed by atoms with Crippen molar-refractivity contribution in [3.8, 4) is 0 Å². The minimum Gasteiger partial charge on any atom is -0.395 e. The molecule has 0 saturated heterocycles. The number of anilines is 1. The number of benzene rings is 3. The maximum Gasteiger partial charge on any atom is 0.153 e. The molecule has 1 atom stereocenters. The Morgan fingerprint density at radius 3 is 2.57 bits per heavy atom. The van der Waals surface area contributed by atoms with Gasteiger partial charge in [-0.3, -0.25) is 4.31 Å². The number of fused-ring (bicyclic) bond motifs is 2. The number of imidazole rings is 1. The van der Waals surface area contributed by atoms with Crippen LogP contribution < -0.4 is 4.31 Å². The zero-order valence-corrected chi connectivity index (χ0v) is 21.5. The maximum atomic E-state index is 13.8. The number of rotatable bonds is 9. The lowest BCUT2D eigenvalue weighted by atomic mass is 10.2. The molecule has 0 aliphatic carbocycles. The van der Waals surface area contributed by atoms with Crippen LogP contribution in [0.3, 0.4) is 0 Å². The van der Waals surface area contributed by atoms with E-state index < -0.39 is 11.0 Å². The van der Waals surface area contributed by atoms with Gasteiger partial charge in [-0.1, -0.05) is 36.8 Å². The monoisotopic (exact) mass is 504 g/mol. The molecule has 8 heteroatoms. The Kier molecular flexibility index (Phi) is 6.95. The highest BCUT2D eigenvalue weighted by molar-refractivity contribution is 7.86. The molecule has 0 bridgehead atoms. The summed E-state index contributed by atoms with van der Waals surface area (Å²) >= 11 is 1.62. The summed E-state index contributed by atoms with van der Waals surface area (Å²) in [6.45, 7) is 5.14. The number of aromatic nitrogens is 3. The molecule has 2 aromatic heterocycles. The number of aryl methyl sites for hydroxylation is 2. The van der Waals surface area contributed by atoms with Crippen molar-refractivity contribution in [2.24, 2.45) is 0 Å². The molecule has 5 rings (SSSR count). The zero-order valence-electron chi connectivity index (χ0n) is 19.8. The average Bonchev–Trinajstić information content (AvgIpc) is 3.43. The van der Waals surface area contributed by atoms with Crippen LogP contribution in [-0.4, -0.2) is 30.5 Å². The third-order valence-electron chi connectivity index (χ3n) is 5.94. The number of aliphatic hydroxyl groups is 1.